The molecule has 30 heavy (non-hydrogen) atoms. The van der Waals surface area contributed by atoms with Crippen LogP contribution in [0.15, 0.2) is 42.5 Å². The number of amides is 2. The number of aromatic nitrogens is 2. The molecule has 7 heteroatoms. The van der Waals surface area contributed by atoms with Crippen molar-refractivity contribution in [3.8, 4) is 11.4 Å². The molecule has 0 unspecified atom stereocenters. The van der Waals surface area contributed by atoms with Gasteiger partial charge in [-0.1, -0.05) is 12.5 Å². The number of nitrogens with one attached hydrogen (secondary N) is 1. The Morgan fingerprint density at radius 2 is 1.87 bits per heavy atom. The maximum Gasteiger partial charge on any atom is 0.276 e. The normalized spacial score (nSPS) is 13.4. The van der Waals surface area contributed by atoms with E-state index in [9.17, 15) is 14.0 Å². The molecule has 1 aromatic heterocycles. The average molecular weight is 406 g/mol. The molecule has 2 amide bonds. The molecular formula is C23H23FN4O2. The van der Waals surface area contributed by atoms with E-state index in [4.69, 9.17) is 5.73 Å². The van der Waals surface area contributed by atoms with Crippen molar-refractivity contribution < 1.29 is 14.0 Å². The molecule has 1 aliphatic heterocycles. The zero-order valence-corrected chi connectivity index (χ0v) is 16.7. The number of nitrogens with two attached hydrogens (primary N) is 1. The van der Waals surface area contributed by atoms with Gasteiger partial charge in [0, 0.05) is 23.4 Å². The molecule has 1 aliphatic rings. The fourth-order valence-corrected chi connectivity index (χ4v) is 3.94. The van der Waals surface area contributed by atoms with Crippen molar-refractivity contribution in [2.75, 3.05) is 5.32 Å². The molecule has 6 nitrogen and oxygen atoms in total. The van der Waals surface area contributed by atoms with Gasteiger partial charge in [-0.3, -0.25) is 9.59 Å². The number of hydrogen-bond acceptors (Lipinski definition) is 3. The van der Waals surface area contributed by atoms with Crippen molar-refractivity contribution in [2.45, 2.75) is 39.2 Å². The van der Waals surface area contributed by atoms with Gasteiger partial charge in [0.05, 0.1) is 5.69 Å². The molecule has 0 saturated heterocycles. The van der Waals surface area contributed by atoms with Gasteiger partial charge in [0.15, 0.2) is 0 Å². The molecule has 0 atom stereocenters. The second-order valence-electron chi connectivity index (χ2n) is 7.50. The van der Waals surface area contributed by atoms with Gasteiger partial charge in [-0.15, -0.1) is 0 Å². The van der Waals surface area contributed by atoms with E-state index in [-0.39, 0.29) is 11.7 Å². The lowest BCUT2D eigenvalue weighted by atomic mass is 10.1. The number of anilines is 1. The number of hydrogen-bond donors (Lipinski definition) is 2. The summed E-state index contributed by atoms with van der Waals surface area (Å²) in [5.41, 5.74) is 8.93. The highest BCUT2D eigenvalue weighted by Gasteiger charge is 2.25. The highest BCUT2D eigenvalue weighted by atomic mass is 19.1. The van der Waals surface area contributed by atoms with Gasteiger partial charge in [-0.2, -0.15) is 0 Å². The maximum absolute atomic E-state index is 13.4. The Morgan fingerprint density at radius 1 is 1.10 bits per heavy atom. The molecule has 0 bridgehead atoms. The van der Waals surface area contributed by atoms with E-state index in [0.717, 1.165) is 43.5 Å². The van der Waals surface area contributed by atoms with Crippen molar-refractivity contribution in [2.24, 2.45) is 5.73 Å². The predicted molar refractivity (Wildman–Crippen MR) is 113 cm³/mol. The zero-order valence-electron chi connectivity index (χ0n) is 16.7. The lowest BCUT2D eigenvalue weighted by Gasteiger charge is -2.11. The first-order valence-corrected chi connectivity index (χ1v) is 10.0. The topological polar surface area (TPSA) is 90.0 Å². The van der Waals surface area contributed by atoms with Gasteiger partial charge in [-0.25, -0.2) is 9.37 Å². The summed E-state index contributed by atoms with van der Waals surface area (Å²) in [5.74, 6) is -0.527. The van der Waals surface area contributed by atoms with Crippen LogP contribution in [0.3, 0.4) is 0 Å². The standard InChI is InChI=1S/C23H23FN4O2/c1-14-17(21(25)29)6-5-7-18(14)26-23(30)20-19-8-3-2-4-13-28(19)22(27-20)15-9-11-16(24)12-10-15/h5-7,9-12H,2-4,8,13H2,1H3,(H2,25,29)(H,26,30). The summed E-state index contributed by atoms with van der Waals surface area (Å²) in [4.78, 5) is 29.4. The minimum Gasteiger partial charge on any atom is -0.366 e. The summed E-state index contributed by atoms with van der Waals surface area (Å²) in [6.45, 7) is 2.51. The van der Waals surface area contributed by atoms with E-state index >= 15 is 0 Å². The van der Waals surface area contributed by atoms with Gasteiger partial charge < -0.3 is 15.6 Å². The Labute approximate surface area is 173 Å². The number of carbonyl (C=O) groups excluding carboxylic acids is 2. The summed E-state index contributed by atoms with van der Waals surface area (Å²) in [6.07, 6.45) is 3.80. The maximum atomic E-state index is 13.4. The van der Waals surface area contributed by atoms with Crippen LogP contribution in [0.2, 0.25) is 0 Å². The third kappa shape index (κ3) is 3.70. The van der Waals surface area contributed by atoms with Gasteiger partial charge in [0.25, 0.3) is 5.91 Å². The lowest BCUT2D eigenvalue weighted by Crippen LogP contribution is -2.18. The Bertz CT molecular complexity index is 1120. The number of imidazole rings is 1. The van der Waals surface area contributed by atoms with Crippen molar-refractivity contribution in [3.63, 3.8) is 0 Å². The van der Waals surface area contributed by atoms with Crippen molar-refractivity contribution in [3.05, 3.63) is 70.8 Å². The molecule has 4 rings (SSSR count). The number of benzene rings is 2. The number of rotatable bonds is 4. The average Bonchev–Trinajstić information content (AvgIpc) is 2.91. The molecule has 3 N–H and O–H groups in total. The Kier molecular flexibility index (Phi) is 5.35. The van der Waals surface area contributed by atoms with Crippen LogP contribution in [0.1, 0.15) is 51.4 Å². The van der Waals surface area contributed by atoms with E-state index < -0.39 is 5.91 Å². The first-order chi connectivity index (χ1) is 14.5. The number of primary amides is 1. The number of fused-ring (bicyclic) bond motifs is 1. The molecule has 2 heterocycles. The third-order valence-corrected chi connectivity index (χ3v) is 5.53. The Morgan fingerprint density at radius 3 is 2.60 bits per heavy atom. The largest absolute Gasteiger partial charge is 0.366 e. The van der Waals surface area contributed by atoms with Crippen LogP contribution in [0.5, 0.6) is 0 Å². The predicted octanol–water partition coefficient (Wildman–Crippen LogP) is 4.08. The summed E-state index contributed by atoms with van der Waals surface area (Å²) in [5, 5.41) is 2.88. The zero-order chi connectivity index (χ0) is 21.3. The van der Waals surface area contributed by atoms with E-state index in [1.54, 1.807) is 37.3 Å². The van der Waals surface area contributed by atoms with Gasteiger partial charge in [-0.05, 0) is 68.1 Å². The van der Waals surface area contributed by atoms with E-state index in [2.05, 4.69) is 14.9 Å². The van der Waals surface area contributed by atoms with Gasteiger partial charge in [0.1, 0.15) is 17.3 Å². The van der Waals surface area contributed by atoms with Crippen LogP contribution in [-0.4, -0.2) is 21.4 Å². The number of carbonyl (C=O) groups is 2. The quantitative estimate of drug-likeness (QED) is 0.684. The number of halogens is 1. The van der Waals surface area contributed by atoms with E-state index in [0.29, 0.717) is 28.3 Å². The lowest BCUT2D eigenvalue weighted by molar-refractivity contribution is 0.0994. The monoisotopic (exact) mass is 406 g/mol. The summed E-state index contributed by atoms with van der Waals surface area (Å²) in [7, 11) is 0. The van der Waals surface area contributed by atoms with Crippen LogP contribution in [0.4, 0.5) is 10.1 Å². The SMILES string of the molecule is Cc1c(NC(=O)c2nc(-c3ccc(F)cc3)n3c2CCCCC3)cccc1C(N)=O. The minimum absolute atomic E-state index is 0.316. The number of nitrogens with zero attached hydrogens (tertiary/aromatic N) is 2. The molecule has 3 aromatic rings. The first kappa shape index (κ1) is 19.8. The Hall–Kier alpha value is -3.48. The van der Waals surface area contributed by atoms with Crippen LogP contribution >= 0.6 is 0 Å². The molecule has 2 aromatic carbocycles. The third-order valence-electron chi connectivity index (χ3n) is 5.53. The van der Waals surface area contributed by atoms with Crippen LogP contribution in [-0.2, 0) is 13.0 Å². The van der Waals surface area contributed by atoms with Crippen LogP contribution in [0.25, 0.3) is 11.4 Å². The highest BCUT2D eigenvalue weighted by Crippen LogP contribution is 2.28. The van der Waals surface area contributed by atoms with Gasteiger partial charge in [0.2, 0.25) is 5.91 Å². The van der Waals surface area contributed by atoms with E-state index in [1.165, 1.54) is 12.1 Å². The fourth-order valence-electron chi connectivity index (χ4n) is 3.94. The fraction of sp³-hybridized carbons (Fsp3) is 0.261. The molecular weight excluding hydrogens is 383 g/mol. The second kappa shape index (κ2) is 8.10. The summed E-state index contributed by atoms with van der Waals surface area (Å²) >= 11 is 0. The van der Waals surface area contributed by atoms with Gasteiger partial charge >= 0.3 is 0 Å². The molecule has 0 aliphatic carbocycles. The Balaban J connectivity index is 1.74. The van der Waals surface area contributed by atoms with Crippen molar-refractivity contribution in [1.82, 2.24) is 9.55 Å². The first-order valence-electron chi connectivity index (χ1n) is 10.0. The van der Waals surface area contributed by atoms with Crippen molar-refractivity contribution in [1.29, 1.82) is 0 Å². The van der Waals surface area contributed by atoms with Crippen LogP contribution < -0.4 is 11.1 Å². The highest BCUT2D eigenvalue weighted by molar-refractivity contribution is 6.06. The minimum atomic E-state index is -0.543. The summed E-state index contributed by atoms with van der Waals surface area (Å²) in [6, 6.07) is 11.2. The summed E-state index contributed by atoms with van der Waals surface area (Å²) < 4.78 is 15.5. The van der Waals surface area contributed by atoms with Crippen molar-refractivity contribution >= 4 is 17.5 Å². The molecule has 0 spiro atoms. The molecule has 154 valence electrons. The van der Waals surface area contributed by atoms with Crippen LogP contribution in [0, 0.1) is 12.7 Å². The van der Waals surface area contributed by atoms with E-state index in [1.807, 2.05) is 0 Å². The molecule has 0 radical (unpaired) electrons. The molecule has 0 saturated carbocycles. The smallest absolute Gasteiger partial charge is 0.276 e. The molecule has 0 fully saturated rings. The second-order valence-corrected chi connectivity index (χ2v) is 7.50.